The summed E-state index contributed by atoms with van der Waals surface area (Å²) in [5.41, 5.74) is 14.5. The molecule has 3 unspecified atom stereocenters. The summed E-state index contributed by atoms with van der Waals surface area (Å²) in [6.45, 7) is 7.38. The van der Waals surface area contributed by atoms with Crippen molar-refractivity contribution in [1.82, 2.24) is 5.32 Å². The van der Waals surface area contributed by atoms with Crippen molar-refractivity contribution in [3.05, 3.63) is 34.9 Å². The molecule has 0 radical (unpaired) electrons. The molecular formula is C25H42N3NaO6S. The minimum atomic E-state index is -1.02. The predicted molar refractivity (Wildman–Crippen MR) is 147 cm³/mol. The van der Waals surface area contributed by atoms with Crippen LogP contribution < -0.4 is 16.8 Å². The van der Waals surface area contributed by atoms with E-state index in [4.69, 9.17) is 21.7 Å². The van der Waals surface area contributed by atoms with E-state index in [1.165, 1.54) is 49.7 Å². The number of allylic oxidation sites excluding steroid dienone is 5. The molecule has 0 rings (SSSR count). The zero-order chi connectivity index (χ0) is 28.3. The van der Waals surface area contributed by atoms with Gasteiger partial charge in [0.1, 0.15) is 6.04 Å². The van der Waals surface area contributed by atoms with Crippen LogP contribution in [0.3, 0.4) is 0 Å². The maximum Gasteiger partial charge on any atom is 0.321 e. The van der Waals surface area contributed by atoms with E-state index in [0.717, 1.165) is 31.3 Å². The number of carboxylic acids is 2. The van der Waals surface area contributed by atoms with Crippen LogP contribution in [0.25, 0.3) is 0 Å². The maximum atomic E-state index is 12.6. The first-order chi connectivity index (χ1) is 16.8. The van der Waals surface area contributed by atoms with E-state index in [0.29, 0.717) is 0 Å². The third kappa shape index (κ3) is 19.7. The van der Waals surface area contributed by atoms with E-state index in [-0.39, 0.29) is 30.3 Å². The summed E-state index contributed by atoms with van der Waals surface area (Å²) in [5.74, 6) is -2.57. The molecular weight excluding hydrogens is 493 g/mol. The molecule has 0 aromatic heterocycles. The van der Waals surface area contributed by atoms with Gasteiger partial charge in [0.2, 0.25) is 5.91 Å². The number of hydrogen-bond acceptors (Lipinski definition) is 7. The first-order valence-corrected chi connectivity index (χ1v) is 14.2. The second-order valence-electron chi connectivity index (χ2n) is 8.73. The molecule has 0 aliphatic carbocycles. The zero-order valence-corrected chi connectivity index (χ0v) is 25.1. The largest absolute Gasteiger partial charge is 0.480 e. The van der Waals surface area contributed by atoms with Crippen molar-refractivity contribution in [2.45, 2.75) is 88.0 Å². The molecule has 0 saturated heterocycles. The molecule has 3 atom stereocenters. The Labute approximate surface area is 238 Å². The summed E-state index contributed by atoms with van der Waals surface area (Å²) in [6, 6.07) is -2.55. The molecule has 0 bridgehead atoms. The van der Waals surface area contributed by atoms with Crippen LogP contribution in [0.1, 0.15) is 66.2 Å². The molecule has 200 valence electrons. The topological polar surface area (TPSA) is 173 Å². The first-order valence-electron chi connectivity index (χ1n) is 12.1. The fourth-order valence-corrected chi connectivity index (χ4v) is 3.92. The Kier molecular flexibility index (Phi) is 22.1. The van der Waals surface area contributed by atoms with Gasteiger partial charge in [-0.15, -0.1) is 0 Å². The Morgan fingerprint density at radius 3 is 1.86 bits per heavy atom. The molecule has 0 spiro atoms. The first kappa shape index (κ1) is 36.7. The van der Waals surface area contributed by atoms with Crippen molar-refractivity contribution in [3.63, 3.8) is 0 Å². The molecule has 1 amide bonds. The van der Waals surface area contributed by atoms with Gasteiger partial charge in [-0.05, 0) is 6.42 Å². The number of amides is 1. The summed E-state index contributed by atoms with van der Waals surface area (Å²) < 4.78 is 1.21. The fourth-order valence-electron chi connectivity index (χ4n) is 3.07. The predicted octanol–water partition coefficient (Wildman–Crippen LogP) is 2.57. The fraction of sp³-hybridized carbons (Fsp3) is 0.600. The number of Topliss-reactive ketones (excluding diaryl/α,β-unsaturated/α-hetero) is 1. The Bertz CT molecular complexity index is 814. The molecule has 0 aliphatic heterocycles. The number of carbonyl (C=O) groups is 4. The summed E-state index contributed by atoms with van der Waals surface area (Å²) >= 11 is 4.86. The van der Waals surface area contributed by atoms with Gasteiger partial charge in [0.25, 0.3) is 0 Å². The average Bonchev–Trinajstić information content (AvgIpc) is 2.80. The summed E-state index contributed by atoms with van der Waals surface area (Å²) in [7, 11) is 0. The maximum absolute atomic E-state index is 12.6. The van der Waals surface area contributed by atoms with Gasteiger partial charge in [-0.1, -0.05) is 0 Å². The molecule has 36 heavy (non-hydrogen) atoms. The van der Waals surface area contributed by atoms with Crippen molar-refractivity contribution < 1.29 is 29.4 Å². The third-order valence-corrected chi connectivity index (χ3v) is 6.07. The van der Waals surface area contributed by atoms with E-state index >= 15 is 0 Å². The normalized spacial score (nSPS) is 14.8. The minimum Gasteiger partial charge on any atom is -0.480 e. The number of nitrogens with one attached hydrogen (secondary N) is 1. The molecule has 0 aliphatic rings. The Morgan fingerprint density at radius 1 is 0.917 bits per heavy atom. The smallest absolute Gasteiger partial charge is 0.321 e. The van der Waals surface area contributed by atoms with Gasteiger partial charge >= 0.3 is 131 Å². The van der Waals surface area contributed by atoms with E-state index < -0.39 is 30.1 Å². The van der Waals surface area contributed by atoms with Crippen LogP contribution >= 0.6 is 12.6 Å². The van der Waals surface area contributed by atoms with E-state index in [9.17, 15) is 19.2 Å². The number of hydrogen-bond donors (Lipinski definition) is 6. The third-order valence-electron chi connectivity index (χ3n) is 5.27. The van der Waals surface area contributed by atoms with Gasteiger partial charge in [0.15, 0.2) is 5.78 Å². The SMILES string of the molecule is CC(=O)NC(CCC(=O)O)C(=O)C(N)C(C)=CCCC(C)=CCCC(C)=C[CH2][Na].NC(CS)C(=O)O. The van der Waals surface area contributed by atoms with Gasteiger partial charge in [0.05, 0.1) is 6.04 Å². The molecule has 9 nitrogen and oxygen atoms in total. The van der Waals surface area contributed by atoms with Crippen LogP contribution in [0.4, 0.5) is 0 Å². The number of thiol groups is 1. The molecule has 0 saturated carbocycles. The number of carboxylic acid groups (broad SMARTS) is 2. The molecule has 0 heterocycles. The van der Waals surface area contributed by atoms with Crippen LogP contribution in [0, 0.1) is 0 Å². The number of aliphatic carboxylic acids is 2. The van der Waals surface area contributed by atoms with Crippen molar-refractivity contribution in [1.29, 1.82) is 0 Å². The average molecular weight is 536 g/mol. The van der Waals surface area contributed by atoms with Crippen LogP contribution in [-0.4, -0.2) is 85.7 Å². The molecule has 0 aromatic carbocycles. The number of nitrogens with two attached hydrogens (primary N) is 2. The van der Waals surface area contributed by atoms with E-state index in [2.05, 4.69) is 43.9 Å². The van der Waals surface area contributed by atoms with Gasteiger partial charge < -0.3 is 27.0 Å². The van der Waals surface area contributed by atoms with Crippen molar-refractivity contribution in [2.24, 2.45) is 11.5 Å². The second-order valence-corrected chi connectivity index (χ2v) is 9.91. The van der Waals surface area contributed by atoms with Gasteiger partial charge in [-0.3, -0.25) is 19.2 Å². The Balaban J connectivity index is 0. The summed E-state index contributed by atoms with van der Waals surface area (Å²) in [4.78, 5) is 44.5. The molecule has 11 heteroatoms. The molecule has 0 aromatic rings. The van der Waals surface area contributed by atoms with Crippen LogP contribution in [0.2, 0.25) is 3.67 Å². The van der Waals surface area contributed by atoms with Gasteiger partial charge in [-0.2, -0.15) is 12.6 Å². The standard InChI is InChI=1S/C22H35N2O4.C3H7NO2S.Na/c1-6-15(2)9-7-10-16(3)11-8-12-17(4)21(23)22(28)19(24-18(5)25)13-14-20(26)27;4-2(1-7)3(5)6;/h6,10,12,19,21H,1,7-9,11,13-14,23H2,2-5H3,(H,24,25)(H,26,27);2,7H,1,4H2,(H,5,6);. The van der Waals surface area contributed by atoms with E-state index in [1.54, 1.807) is 6.92 Å². The van der Waals surface area contributed by atoms with Crippen LogP contribution in [0.15, 0.2) is 34.9 Å². The summed E-state index contributed by atoms with van der Waals surface area (Å²) in [5, 5.41) is 19.4. The number of rotatable bonds is 16. The van der Waals surface area contributed by atoms with Crippen LogP contribution in [0.5, 0.6) is 0 Å². The molecule has 0 fully saturated rings. The van der Waals surface area contributed by atoms with Crippen molar-refractivity contribution in [2.75, 3.05) is 5.75 Å². The monoisotopic (exact) mass is 535 g/mol. The Hall–Kier alpha value is -1.43. The molecule has 7 N–H and O–H groups in total. The summed E-state index contributed by atoms with van der Waals surface area (Å²) in [6.07, 6.45) is 10.2. The van der Waals surface area contributed by atoms with Crippen molar-refractivity contribution in [3.8, 4) is 0 Å². The minimum absolute atomic E-state index is 0.0324. The van der Waals surface area contributed by atoms with Gasteiger partial charge in [-0.25, -0.2) is 0 Å². The van der Waals surface area contributed by atoms with Gasteiger partial charge in [0, 0.05) is 19.1 Å². The Morgan fingerprint density at radius 2 is 1.44 bits per heavy atom. The van der Waals surface area contributed by atoms with Crippen LogP contribution in [-0.2, 0) is 19.2 Å². The van der Waals surface area contributed by atoms with Crippen molar-refractivity contribution >= 4 is 64.2 Å². The zero-order valence-electron chi connectivity index (χ0n) is 22.3. The van der Waals surface area contributed by atoms with E-state index in [1.807, 2.05) is 6.08 Å². The quantitative estimate of drug-likeness (QED) is 0.0994. The number of ketones is 1. The number of carbonyl (C=O) groups excluding carboxylic acids is 2. The second kappa shape index (κ2) is 21.6.